The Kier molecular flexibility index (Phi) is 6.39. The molecule has 0 saturated carbocycles. The van der Waals surface area contributed by atoms with E-state index in [-0.39, 0.29) is 22.5 Å². The fourth-order valence-corrected chi connectivity index (χ4v) is 4.49. The number of hydrogen-bond acceptors (Lipinski definition) is 5. The van der Waals surface area contributed by atoms with Crippen molar-refractivity contribution in [3.05, 3.63) is 94.1 Å². The molecule has 0 aromatic heterocycles. The lowest BCUT2D eigenvalue weighted by Crippen LogP contribution is -2.29. The number of methoxy groups -OCH3 is 1. The Bertz CT molecular complexity index is 1400. The van der Waals surface area contributed by atoms with E-state index in [2.05, 4.69) is 0 Å². The standard InChI is InChI=1S/C30H31NO5/c1-17-10-12-21(14-18(17)2)31-26(19-8-7-9-22(32)15-19)25(28(34)29(31)35)27(33)23-16-20(30(3,4)5)11-13-24(23)36-6/h7-16,26,32-33H,1-6H3/b27-25+. The van der Waals surface area contributed by atoms with Gasteiger partial charge >= 0.3 is 0 Å². The Morgan fingerprint density at radius 1 is 0.944 bits per heavy atom. The van der Waals surface area contributed by atoms with Crippen molar-refractivity contribution in [3.8, 4) is 11.5 Å². The monoisotopic (exact) mass is 485 g/mol. The second-order valence-electron chi connectivity index (χ2n) is 10.2. The molecule has 4 rings (SSSR count). The Balaban J connectivity index is 2.01. The van der Waals surface area contributed by atoms with Crippen LogP contribution in [0.2, 0.25) is 0 Å². The van der Waals surface area contributed by atoms with Crippen LogP contribution < -0.4 is 9.64 Å². The van der Waals surface area contributed by atoms with E-state index in [0.717, 1.165) is 16.7 Å². The molecule has 1 saturated heterocycles. The number of ether oxygens (including phenoxy) is 1. The molecule has 0 bridgehead atoms. The lowest BCUT2D eigenvalue weighted by atomic mass is 9.85. The average Bonchev–Trinajstić information content (AvgIpc) is 3.10. The van der Waals surface area contributed by atoms with Gasteiger partial charge in [0.2, 0.25) is 0 Å². The van der Waals surface area contributed by atoms with Crippen molar-refractivity contribution in [3.63, 3.8) is 0 Å². The molecule has 1 aliphatic rings. The van der Waals surface area contributed by atoms with Crippen LogP contribution in [0.1, 0.15) is 54.6 Å². The molecule has 3 aromatic rings. The minimum atomic E-state index is -0.942. The Morgan fingerprint density at radius 2 is 1.67 bits per heavy atom. The van der Waals surface area contributed by atoms with Gasteiger partial charge < -0.3 is 14.9 Å². The summed E-state index contributed by atoms with van der Waals surface area (Å²) in [4.78, 5) is 28.3. The third-order valence-corrected chi connectivity index (χ3v) is 6.72. The zero-order valence-corrected chi connectivity index (χ0v) is 21.4. The molecule has 3 aromatic carbocycles. The van der Waals surface area contributed by atoms with E-state index in [9.17, 15) is 19.8 Å². The van der Waals surface area contributed by atoms with Gasteiger partial charge in [-0.1, -0.05) is 45.0 Å². The van der Waals surface area contributed by atoms with Crippen molar-refractivity contribution in [1.29, 1.82) is 0 Å². The predicted molar refractivity (Wildman–Crippen MR) is 140 cm³/mol. The summed E-state index contributed by atoms with van der Waals surface area (Å²) in [6, 6.07) is 16.4. The number of hydrogen-bond donors (Lipinski definition) is 2. The van der Waals surface area contributed by atoms with Gasteiger partial charge in [-0.2, -0.15) is 0 Å². The third-order valence-electron chi connectivity index (χ3n) is 6.72. The number of aryl methyl sites for hydroxylation is 2. The van der Waals surface area contributed by atoms with Gasteiger partial charge in [0.05, 0.1) is 24.3 Å². The first-order valence-corrected chi connectivity index (χ1v) is 11.8. The SMILES string of the molecule is COc1ccc(C(C)(C)C)cc1/C(O)=C1\C(=O)C(=O)N(c2ccc(C)c(C)c2)C1c1cccc(O)c1. The molecular formula is C30H31NO5. The topological polar surface area (TPSA) is 87.1 Å². The number of ketones is 1. The van der Waals surface area contributed by atoms with Crippen molar-refractivity contribution in [2.45, 2.75) is 46.1 Å². The molecule has 186 valence electrons. The summed E-state index contributed by atoms with van der Waals surface area (Å²) in [5.74, 6) is -1.50. The van der Waals surface area contributed by atoms with Gasteiger partial charge in [-0.25, -0.2) is 0 Å². The zero-order valence-electron chi connectivity index (χ0n) is 21.4. The van der Waals surface area contributed by atoms with Crippen molar-refractivity contribution in [2.75, 3.05) is 12.0 Å². The third kappa shape index (κ3) is 4.35. The van der Waals surface area contributed by atoms with Crippen molar-refractivity contribution in [1.82, 2.24) is 0 Å². The van der Waals surface area contributed by atoms with Crippen LogP contribution in [0.25, 0.3) is 5.76 Å². The quantitative estimate of drug-likeness (QED) is 0.271. The van der Waals surface area contributed by atoms with E-state index < -0.39 is 17.7 Å². The van der Waals surface area contributed by atoms with Crippen LogP contribution >= 0.6 is 0 Å². The predicted octanol–water partition coefficient (Wildman–Crippen LogP) is 5.94. The lowest BCUT2D eigenvalue weighted by Gasteiger charge is -2.26. The van der Waals surface area contributed by atoms with E-state index in [1.807, 2.05) is 52.8 Å². The molecule has 6 nitrogen and oxygen atoms in total. The first-order valence-electron chi connectivity index (χ1n) is 11.8. The molecule has 6 heteroatoms. The lowest BCUT2D eigenvalue weighted by molar-refractivity contribution is -0.132. The summed E-state index contributed by atoms with van der Waals surface area (Å²) in [6.45, 7) is 10.0. The number of carbonyl (C=O) groups excluding carboxylic acids is 2. The summed E-state index contributed by atoms with van der Waals surface area (Å²) < 4.78 is 5.51. The minimum Gasteiger partial charge on any atom is -0.508 e. The van der Waals surface area contributed by atoms with Gasteiger partial charge in [0, 0.05) is 5.69 Å². The molecule has 1 fully saturated rings. The second-order valence-corrected chi connectivity index (χ2v) is 10.2. The van der Waals surface area contributed by atoms with Gasteiger partial charge in [0.1, 0.15) is 17.3 Å². The van der Waals surface area contributed by atoms with Crippen LogP contribution in [0.15, 0.2) is 66.2 Å². The first-order chi connectivity index (χ1) is 16.9. The molecule has 2 N–H and O–H groups in total. The number of anilines is 1. The number of carbonyl (C=O) groups is 2. The number of aliphatic hydroxyl groups is 1. The Hall–Kier alpha value is -4.06. The van der Waals surface area contributed by atoms with Crippen LogP contribution in [-0.2, 0) is 15.0 Å². The number of phenols is 1. The highest BCUT2D eigenvalue weighted by Gasteiger charge is 2.47. The van der Waals surface area contributed by atoms with E-state index in [1.165, 1.54) is 24.1 Å². The van der Waals surface area contributed by atoms with Crippen LogP contribution in [0.4, 0.5) is 5.69 Å². The molecule has 1 aliphatic heterocycles. The number of nitrogens with zero attached hydrogens (tertiary/aromatic N) is 1. The molecular weight excluding hydrogens is 454 g/mol. The van der Waals surface area contributed by atoms with Crippen molar-refractivity contribution in [2.24, 2.45) is 0 Å². The fourth-order valence-electron chi connectivity index (χ4n) is 4.49. The number of aliphatic hydroxyl groups excluding tert-OH is 1. The van der Waals surface area contributed by atoms with E-state index in [1.54, 1.807) is 30.3 Å². The number of benzene rings is 3. The first kappa shape index (κ1) is 25.0. The van der Waals surface area contributed by atoms with Gasteiger partial charge in [-0.05, 0) is 77.9 Å². The number of aromatic hydroxyl groups is 1. The van der Waals surface area contributed by atoms with Crippen molar-refractivity contribution >= 4 is 23.1 Å². The molecule has 36 heavy (non-hydrogen) atoms. The molecule has 1 amide bonds. The van der Waals surface area contributed by atoms with Crippen LogP contribution in [0.5, 0.6) is 11.5 Å². The summed E-state index contributed by atoms with van der Waals surface area (Å²) in [5.41, 5.74) is 4.01. The fraction of sp³-hybridized carbons (Fsp3) is 0.267. The Morgan fingerprint density at radius 3 is 2.28 bits per heavy atom. The Labute approximate surface area is 211 Å². The summed E-state index contributed by atoms with van der Waals surface area (Å²) in [6.07, 6.45) is 0. The number of rotatable bonds is 4. The molecule has 1 heterocycles. The maximum atomic E-state index is 13.5. The molecule has 0 spiro atoms. The van der Waals surface area contributed by atoms with Crippen LogP contribution in [-0.4, -0.2) is 29.0 Å². The van der Waals surface area contributed by atoms with E-state index >= 15 is 0 Å². The number of Topliss-reactive ketones (excluding diaryl/α,β-unsaturated/α-hetero) is 1. The van der Waals surface area contributed by atoms with E-state index in [4.69, 9.17) is 4.74 Å². The minimum absolute atomic E-state index is 0.00881. The number of phenolic OH excluding ortho intramolecular Hbond substituents is 1. The smallest absolute Gasteiger partial charge is 0.300 e. The maximum absolute atomic E-state index is 13.5. The van der Waals surface area contributed by atoms with Gasteiger partial charge in [0.15, 0.2) is 0 Å². The molecule has 0 radical (unpaired) electrons. The largest absolute Gasteiger partial charge is 0.508 e. The van der Waals surface area contributed by atoms with Crippen LogP contribution in [0.3, 0.4) is 0 Å². The molecule has 1 atom stereocenters. The van der Waals surface area contributed by atoms with Crippen LogP contribution in [0, 0.1) is 13.8 Å². The highest BCUT2D eigenvalue weighted by molar-refractivity contribution is 6.51. The molecule has 1 unspecified atom stereocenters. The highest BCUT2D eigenvalue weighted by Crippen LogP contribution is 2.44. The van der Waals surface area contributed by atoms with Gasteiger partial charge in [-0.15, -0.1) is 0 Å². The molecule has 0 aliphatic carbocycles. The van der Waals surface area contributed by atoms with Gasteiger partial charge in [0.25, 0.3) is 11.7 Å². The zero-order chi connectivity index (χ0) is 26.4. The maximum Gasteiger partial charge on any atom is 0.300 e. The highest BCUT2D eigenvalue weighted by atomic mass is 16.5. The van der Waals surface area contributed by atoms with Crippen molar-refractivity contribution < 1.29 is 24.5 Å². The summed E-state index contributed by atoms with van der Waals surface area (Å²) in [7, 11) is 1.49. The average molecular weight is 486 g/mol. The van der Waals surface area contributed by atoms with Gasteiger partial charge in [-0.3, -0.25) is 14.5 Å². The normalized spacial score (nSPS) is 17.5. The number of amides is 1. The summed E-state index contributed by atoms with van der Waals surface area (Å²) in [5, 5.41) is 21.8. The second kappa shape index (κ2) is 9.19. The summed E-state index contributed by atoms with van der Waals surface area (Å²) >= 11 is 0. The van der Waals surface area contributed by atoms with E-state index in [0.29, 0.717) is 22.6 Å².